The smallest absolute Gasteiger partial charge is 0.314 e. The van der Waals surface area contributed by atoms with Gasteiger partial charge in [0.1, 0.15) is 0 Å². The summed E-state index contributed by atoms with van der Waals surface area (Å²) in [5.41, 5.74) is 1.16. The molecule has 1 aromatic rings. The van der Waals surface area contributed by atoms with Gasteiger partial charge in [0, 0.05) is 32.6 Å². The molecule has 0 aliphatic carbocycles. The second-order valence-corrected chi connectivity index (χ2v) is 5.73. The Hall–Kier alpha value is -2.04. The first-order valence-electron chi connectivity index (χ1n) is 8.02. The molecule has 1 aromatic carbocycles. The summed E-state index contributed by atoms with van der Waals surface area (Å²) < 4.78 is 0. The molecule has 5 heteroatoms. The Morgan fingerprint density at radius 3 is 2.73 bits per heavy atom. The van der Waals surface area contributed by atoms with Gasteiger partial charge in [-0.3, -0.25) is 4.79 Å². The molecular weight excluding hydrogens is 278 g/mol. The zero-order valence-electron chi connectivity index (χ0n) is 13.2. The van der Waals surface area contributed by atoms with Crippen LogP contribution in [0.1, 0.15) is 31.7 Å². The van der Waals surface area contributed by atoms with Crippen LogP contribution in [0.5, 0.6) is 0 Å². The summed E-state index contributed by atoms with van der Waals surface area (Å²) in [6.07, 6.45) is 2.34. The van der Waals surface area contributed by atoms with Crippen LogP contribution in [0.4, 0.5) is 4.79 Å². The van der Waals surface area contributed by atoms with E-state index in [2.05, 4.69) is 10.6 Å². The molecule has 1 heterocycles. The molecule has 1 saturated heterocycles. The van der Waals surface area contributed by atoms with Crippen LogP contribution in [0.15, 0.2) is 30.3 Å². The van der Waals surface area contributed by atoms with Crippen LogP contribution in [-0.4, -0.2) is 36.5 Å². The fourth-order valence-corrected chi connectivity index (χ4v) is 2.73. The summed E-state index contributed by atoms with van der Waals surface area (Å²) >= 11 is 0. The van der Waals surface area contributed by atoms with Gasteiger partial charge in [-0.25, -0.2) is 4.79 Å². The lowest BCUT2D eigenvalue weighted by molar-refractivity contribution is -0.131. The number of carbonyl (C=O) groups excluding carboxylic acids is 2. The van der Waals surface area contributed by atoms with E-state index in [4.69, 9.17) is 0 Å². The van der Waals surface area contributed by atoms with Crippen molar-refractivity contribution in [2.75, 3.05) is 19.6 Å². The first kappa shape index (κ1) is 16.3. The average Bonchev–Trinajstić information content (AvgIpc) is 2.70. The maximum Gasteiger partial charge on any atom is 0.314 e. The van der Waals surface area contributed by atoms with Crippen LogP contribution >= 0.6 is 0 Å². The molecule has 1 fully saturated rings. The van der Waals surface area contributed by atoms with Gasteiger partial charge in [0.25, 0.3) is 0 Å². The number of benzene rings is 1. The fourth-order valence-electron chi connectivity index (χ4n) is 2.73. The third kappa shape index (κ3) is 5.06. The molecule has 120 valence electrons. The van der Waals surface area contributed by atoms with Gasteiger partial charge in [-0.05, 0) is 31.2 Å². The standard InChI is InChI=1S/C17H25N3O2/c1-2-18-17(22)19-12-14-8-9-16(21)20(11-10-14)13-15-6-4-3-5-7-15/h3-7,14H,2,8-13H2,1H3,(H2,18,19,22). The van der Waals surface area contributed by atoms with Crippen molar-refractivity contribution in [3.63, 3.8) is 0 Å². The number of likely N-dealkylation sites (tertiary alicyclic amines) is 1. The Kier molecular flexibility index (Phi) is 6.25. The minimum absolute atomic E-state index is 0.126. The Morgan fingerprint density at radius 2 is 2.00 bits per heavy atom. The molecule has 0 bridgehead atoms. The Morgan fingerprint density at radius 1 is 1.23 bits per heavy atom. The van der Waals surface area contributed by atoms with Crippen molar-refractivity contribution >= 4 is 11.9 Å². The van der Waals surface area contributed by atoms with Gasteiger partial charge in [0.2, 0.25) is 5.91 Å². The third-order valence-corrected chi connectivity index (χ3v) is 4.03. The summed E-state index contributed by atoms with van der Waals surface area (Å²) in [6.45, 7) is 4.59. The van der Waals surface area contributed by atoms with E-state index in [0.717, 1.165) is 24.9 Å². The van der Waals surface area contributed by atoms with Crippen LogP contribution in [0.25, 0.3) is 0 Å². The first-order chi connectivity index (χ1) is 10.7. The van der Waals surface area contributed by atoms with E-state index in [1.165, 1.54) is 0 Å². The molecule has 0 saturated carbocycles. The molecule has 0 radical (unpaired) electrons. The van der Waals surface area contributed by atoms with E-state index >= 15 is 0 Å². The normalized spacial score (nSPS) is 18.7. The lowest BCUT2D eigenvalue weighted by atomic mass is 10.0. The average molecular weight is 303 g/mol. The SMILES string of the molecule is CCNC(=O)NCC1CCC(=O)N(Cc2ccccc2)CC1. The quantitative estimate of drug-likeness (QED) is 0.875. The number of amides is 3. The van der Waals surface area contributed by atoms with Crippen molar-refractivity contribution in [1.82, 2.24) is 15.5 Å². The molecule has 2 N–H and O–H groups in total. The highest BCUT2D eigenvalue weighted by Crippen LogP contribution is 2.19. The van der Waals surface area contributed by atoms with Gasteiger partial charge >= 0.3 is 6.03 Å². The highest BCUT2D eigenvalue weighted by atomic mass is 16.2. The molecule has 0 aromatic heterocycles. The van der Waals surface area contributed by atoms with Crippen LogP contribution in [0.3, 0.4) is 0 Å². The lowest BCUT2D eigenvalue weighted by Gasteiger charge is -2.21. The van der Waals surface area contributed by atoms with Crippen molar-refractivity contribution in [1.29, 1.82) is 0 Å². The number of hydrogen-bond donors (Lipinski definition) is 2. The summed E-state index contributed by atoms with van der Waals surface area (Å²) in [4.78, 5) is 25.6. The zero-order chi connectivity index (χ0) is 15.8. The van der Waals surface area contributed by atoms with Gasteiger partial charge in [0.05, 0.1) is 0 Å². The number of hydrogen-bond acceptors (Lipinski definition) is 2. The largest absolute Gasteiger partial charge is 0.338 e. The van der Waals surface area contributed by atoms with E-state index in [0.29, 0.717) is 32.0 Å². The maximum absolute atomic E-state index is 12.2. The summed E-state index contributed by atoms with van der Waals surface area (Å²) in [5, 5.41) is 5.60. The fraction of sp³-hybridized carbons (Fsp3) is 0.529. The molecule has 0 spiro atoms. The lowest BCUT2D eigenvalue weighted by Crippen LogP contribution is -2.38. The molecule has 1 aliphatic heterocycles. The Balaban J connectivity index is 1.82. The van der Waals surface area contributed by atoms with Crippen molar-refractivity contribution in [2.24, 2.45) is 5.92 Å². The van der Waals surface area contributed by atoms with Crippen molar-refractivity contribution in [2.45, 2.75) is 32.7 Å². The molecule has 1 aliphatic rings. The van der Waals surface area contributed by atoms with Gasteiger partial charge in [0.15, 0.2) is 0 Å². The van der Waals surface area contributed by atoms with E-state index in [1.807, 2.05) is 42.2 Å². The monoisotopic (exact) mass is 303 g/mol. The second-order valence-electron chi connectivity index (χ2n) is 5.73. The predicted octanol–water partition coefficient (Wildman–Crippen LogP) is 2.13. The van der Waals surface area contributed by atoms with E-state index in [-0.39, 0.29) is 11.9 Å². The van der Waals surface area contributed by atoms with Gasteiger partial charge < -0.3 is 15.5 Å². The molecule has 2 rings (SSSR count). The van der Waals surface area contributed by atoms with Crippen LogP contribution < -0.4 is 10.6 Å². The van der Waals surface area contributed by atoms with Crippen LogP contribution in [0.2, 0.25) is 0 Å². The topological polar surface area (TPSA) is 61.4 Å². The van der Waals surface area contributed by atoms with Crippen molar-refractivity contribution in [3.8, 4) is 0 Å². The van der Waals surface area contributed by atoms with Gasteiger partial charge in [-0.2, -0.15) is 0 Å². The summed E-state index contributed by atoms with van der Waals surface area (Å²) in [6, 6.07) is 9.95. The van der Waals surface area contributed by atoms with Gasteiger partial charge in [-0.15, -0.1) is 0 Å². The number of nitrogens with zero attached hydrogens (tertiary/aromatic N) is 1. The van der Waals surface area contributed by atoms with E-state index < -0.39 is 0 Å². The van der Waals surface area contributed by atoms with E-state index in [9.17, 15) is 9.59 Å². The zero-order valence-corrected chi connectivity index (χ0v) is 13.2. The molecule has 3 amide bonds. The molecule has 1 unspecified atom stereocenters. The highest BCUT2D eigenvalue weighted by Gasteiger charge is 2.22. The predicted molar refractivity (Wildman–Crippen MR) is 86.3 cm³/mol. The molecule has 22 heavy (non-hydrogen) atoms. The second kappa shape index (κ2) is 8.41. The highest BCUT2D eigenvalue weighted by molar-refractivity contribution is 5.76. The van der Waals surface area contributed by atoms with Crippen LogP contribution in [0, 0.1) is 5.92 Å². The minimum atomic E-state index is -0.126. The molecule has 5 nitrogen and oxygen atoms in total. The molecular formula is C17H25N3O2. The Bertz CT molecular complexity index is 490. The van der Waals surface area contributed by atoms with Crippen molar-refractivity contribution < 1.29 is 9.59 Å². The number of urea groups is 1. The third-order valence-electron chi connectivity index (χ3n) is 4.03. The number of rotatable bonds is 5. The summed E-state index contributed by atoms with van der Waals surface area (Å²) in [7, 11) is 0. The maximum atomic E-state index is 12.2. The first-order valence-corrected chi connectivity index (χ1v) is 8.02. The van der Waals surface area contributed by atoms with Gasteiger partial charge in [-0.1, -0.05) is 30.3 Å². The Labute approximate surface area is 132 Å². The minimum Gasteiger partial charge on any atom is -0.338 e. The van der Waals surface area contributed by atoms with E-state index in [1.54, 1.807) is 0 Å². The van der Waals surface area contributed by atoms with Crippen molar-refractivity contribution in [3.05, 3.63) is 35.9 Å². The number of carbonyl (C=O) groups is 2. The summed E-state index contributed by atoms with van der Waals surface area (Å²) in [5.74, 6) is 0.580. The number of nitrogens with one attached hydrogen (secondary N) is 2. The molecule has 1 atom stereocenters. The van der Waals surface area contributed by atoms with Crippen LogP contribution in [-0.2, 0) is 11.3 Å².